The summed E-state index contributed by atoms with van der Waals surface area (Å²) in [6, 6.07) is 6.02. The molecule has 13 heavy (non-hydrogen) atoms. The lowest BCUT2D eigenvalue weighted by Crippen LogP contribution is -2.43. The molecule has 0 unspecified atom stereocenters. The Labute approximate surface area is 78.9 Å². The van der Waals surface area contributed by atoms with Crippen LogP contribution in [0.1, 0.15) is 30.4 Å². The summed E-state index contributed by atoms with van der Waals surface area (Å²) in [7, 11) is 0. The second kappa shape index (κ2) is 2.74. The van der Waals surface area contributed by atoms with Gasteiger partial charge in [0.25, 0.3) is 0 Å². The topological polar surface area (TPSA) is 52.0 Å². The van der Waals surface area contributed by atoms with Crippen LogP contribution < -0.4 is 11.5 Å². The van der Waals surface area contributed by atoms with Gasteiger partial charge in [0.1, 0.15) is 0 Å². The molecule has 1 fully saturated rings. The van der Waals surface area contributed by atoms with Gasteiger partial charge in [-0.2, -0.15) is 0 Å². The van der Waals surface area contributed by atoms with Crippen molar-refractivity contribution >= 4 is 5.69 Å². The van der Waals surface area contributed by atoms with Crippen LogP contribution in [0, 0.1) is 6.92 Å². The lowest BCUT2D eigenvalue weighted by atomic mass is 9.71. The summed E-state index contributed by atoms with van der Waals surface area (Å²) in [5.41, 5.74) is 15.2. The van der Waals surface area contributed by atoms with Gasteiger partial charge in [0.05, 0.1) is 0 Å². The van der Waals surface area contributed by atoms with Crippen LogP contribution >= 0.6 is 0 Å². The molecule has 1 aromatic rings. The minimum Gasteiger partial charge on any atom is -0.399 e. The zero-order chi connectivity index (χ0) is 9.47. The van der Waals surface area contributed by atoms with Crippen molar-refractivity contribution in [3.8, 4) is 0 Å². The summed E-state index contributed by atoms with van der Waals surface area (Å²) >= 11 is 0. The van der Waals surface area contributed by atoms with Crippen molar-refractivity contribution in [3.63, 3.8) is 0 Å². The molecule has 0 atom stereocenters. The summed E-state index contributed by atoms with van der Waals surface area (Å²) in [5.74, 6) is 0. The Morgan fingerprint density at radius 2 is 2.00 bits per heavy atom. The molecule has 4 N–H and O–H groups in total. The minimum atomic E-state index is -0.0578. The Hall–Kier alpha value is -1.02. The molecular weight excluding hydrogens is 160 g/mol. The number of nitrogens with two attached hydrogens (primary N) is 2. The van der Waals surface area contributed by atoms with Crippen molar-refractivity contribution in [1.29, 1.82) is 0 Å². The van der Waals surface area contributed by atoms with Gasteiger partial charge in [-0.05, 0) is 49.4 Å². The van der Waals surface area contributed by atoms with Crippen LogP contribution in [0.25, 0.3) is 0 Å². The lowest BCUT2D eigenvalue weighted by Gasteiger charge is -2.39. The number of hydrogen-bond acceptors (Lipinski definition) is 2. The van der Waals surface area contributed by atoms with E-state index in [0.717, 1.165) is 18.5 Å². The molecular formula is C11H16N2. The van der Waals surface area contributed by atoms with E-state index < -0.39 is 0 Å². The van der Waals surface area contributed by atoms with Crippen molar-refractivity contribution in [2.24, 2.45) is 5.73 Å². The van der Waals surface area contributed by atoms with Crippen molar-refractivity contribution in [2.75, 3.05) is 5.73 Å². The molecule has 0 heterocycles. The molecule has 70 valence electrons. The van der Waals surface area contributed by atoms with Gasteiger partial charge >= 0.3 is 0 Å². The highest BCUT2D eigenvalue weighted by atomic mass is 14.8. The SMILES string of the molecule is Cc1cc(N)ccc1C1(N)CCC1. The maximum Gasteiger partial charge on any atom is 0.0412 e. The third kappa shape index (κ3) is 1.31. The maximum absolute atomic E-state index is 6.23. The smallest absolute Gasteiger partial charge is 0.0412 e. The van der Waals surface area contributed by atoms with E-state index in [1.807, 2.05) is 12.1 Å². The molecule has 0 aliphatic heterocycles. The summed E-state index contributed by atoms with van der Waals surface area (Å²) in [6.45, 7) is 2.08. The first-order valence-electron chi connectivity index (χ1n) is 4.77. The van der Waals surface area contributed by atoms with Gasteiger partial charge in [-0.1, -0.05) is 6.07 Å². The van der Waals surface area contributed by atoms with Crippen LogP contribution in [0.5, 0.6) is 0 Å². The second-order valence-electron chi connectivity index (χ2n) is 4.08. The Morgan fingerprint density at radius 3 is 2.46 bits per heavy atom. The van der Waals surface area contributed by atoms with Crippen molar-refractivity contribution < 1.29 is 0 Å². The number of rotatable bonds is 1. The van der Waals surface area contributed by atoms with Gasteiger partial charge < -0.3 is 11.5 Å². The third-order valence-electron chi connectivity index (χ3n) is 3.03. The normalized spacial score (nSPS) is 19.5. The van der Waals surface area contributed by atoms with Gasteiger partial charge in [0, 0.05) is 11.2 Å². The monoisotopic (exact) mass is 176 g/mol. The molecule has 0 saturated heterocycles. The molecule has 0 bridgehead atoms. The fourth-order valence-electron chi connectivity index (χ4n) is 2.07. The van der Waals surface area contributed by atoms with E-state index in [2.05, 4.69) is 13.0 Å². The Kier molecular flexibility index (Phi) is 1.81. The quantitative estimate of drug-likeness (QED) is 0.642. The van der Waals surface area contributed by atoms with Crippen molar-refractivity contribution in [1.82, 2.24) is 0 Å². The zero-order valence-corrected chi connectivity index (χ0v) is 8.01. The Bertz CT molecular complexity index is 327. The van der Waals surface area contributed by atoms with Crippen molar-refractivity contribution in [2.45, 2.75) is 31.7 Å². The number of aryl methyl sites for hydroxylation is 1. The number of nitrogen functional groups attached to an aromatic ring is 1. The molecule has 1 saturated carbocycles. The van der Waals surface area contributed by atoms with Crippen molar-refractivity contribution in [3.05, 3.63) is 29.3 Å². The van der Waals surface area contributed by atoms with Crippen LogP contribution in [0.4, 0.5) is 5.69 Å². The van der Waals surface area contributed by atoms with Gasteiger partial charge in [0.2, 0.25) is 0 Å². The standard InChI is InChI=1S/C11H16N2/c1-8-7-9(12)3-4-10(8)11(13)5-2-6-11/h3-4,7H,2,5-6,12-13H2,1H3. The van der Waals surface area contributed by atoms with Crippen LogP contribution in [-0.4, -0.2) is 0 Å². The van der Waals surface area contributed by atoms with Gasteiger partial charge in [-0.3, -0.25) is 0 Å². The molecule has 0 amide bonds. The van der Waals surface area contributed by atoms with E-state index in [1.54, 1.807) is 0 Å². The Morgan fingerprint density at radius 1 is 1.31 bits per heavy atom. The van der Waals surface area contributed by atoms with Crippen LogP contribution in [0.15, 0.2) is 18.2 Å². The van der Waals surface area contributed by atoms with E-state index in [1.165, 1.54) is 17.5 Å². The highest BCUT2D eigenvalue weighted by Gasteiger charge is 2.35. The van der Waals surface area contributed by atoms with E-state index >= 15 is 0 Å². The molecule has 2 heteroatoms. The van der Waals surface area contributed by atoms with E-state index in [-0.39, 0.29) is 5.54 Å². The highest BCUT2D eigenvalue weighted by molar-refractivity contribution is 5.47. The van der Waals surface area contributed by atoms with Crippen LogP contribution in [-0.2, 0) is 5.54 Å². The molecule has 0 aromatic heterocycles. The van der Waals surface area contributed by atoms with E-state index in [4.69, 9.17) is 11.5 Å². The summed E-state index contributed by atoms with van der Waals surface area (Å²) in [4.78, 5) is 0. The predicted molar refractivity (Wildman–Crippen MR) is 55.3 cm³/mol. The summed E-state index contributed by atoms with van der Waals surface area (Å²) in [5, 5.41) is 0. The average Bonchev–Trinajstić information content (AvgIpc) is 2.00. The Balaban J connectivity index is 2.40. The van der Waals surface area contributed by atoms with Crippen LogP contribution in [0.3, 0.4) is 0 Å². The minimum absolute atomic E-state index is 0.0578. The highest BCUT2D eigenvalue weighted by Crippen LogP contribution is 2.40. The fraction of sp³-hybridized carbons (Fsp3) is 0.455. The second-order valence-corrected chi connectivity index (χ2v) is 4.08. The predicted octanol–water partition coefficient (Wildman–Crippen LogP) is 1.92. The number of benzene rings is 1. The first-order chi connectivity index (χ1) is 6.12. The van der Waals surface area contributed by atoms with Gasteiger partial charge in [-0.25, -0.2) is 0 Å². The van der Waals surface area contributed by atoms with E-state index in [0.29, 0.717) is 0 Å². The maximum atomic E-state index is 6.23. The lowest BCUT2D eigenvalue weighted by molar-refractivity contribution is 0.252. The molecule has 2 nitrogen and oxygen atoms in total. The molecule has 1 aliphatic rings. The van der Waals surface area contributed by atoms with Crippen LogP contribution in [0.2, 0.25) is 0 Å². The van der Waals surface area contributed by atoms with E-state index in [9.17, 15) is 0 Å². The number of anilines is 1. The first-order valence-corrected chi connectivity index (χ1v) is 4.77. The molecule has 0 spiro atoms. The molecule has 2 rings (SSSR count). The molecule has 1 aliphatic carbocycles. The average molecular weight is 176 g/mol. The zero-order valence-electron chi connectivity index (χ0n) is 8.01. The van der Waals surface area contributed by atoms with Gasteiger partial charge in [-0.15, -0.1) is 0 Å². The summed E-state index contributed by atoms with van der Waals surface area (Å²) in [6.07, 6.45) is 3.47. The molecule has 0 radical (unpaired) electrons. The number of hydrogen-bond donors (Lipinski definition) is 2. The summed E-state index contributed by atoms with van der Waals surface area (Å²) < 4.78 is 0. The molecule has 1 aromatic carbocycles. The first kappa shape index (κ1) is 8.57. The third-order valence-corrected chi connectivity index (χ3v) is 3.03. The fourth-order valence-corrected chi connectivity index (χ4v) is 2.07. The largest absolute Gasteiger partial charge is 0.399 e. The van der Waals surface area contributed by atoms with Gasteiger partial charge in [0.15, 0.2) is 0 Å².